The van der Waals surface area contributed by atoms with Crippen LogP contribution in [0.15, 0.2) is 12.1 Å². The first-order valence-corrected chi connectivity index (χ1v) is 4.50. The van der Waals surface area contributed by atoms with Crippen LogP contribution < -0.4 is 0 Å². The Kier molecular flexibility index (Phi) is 3.07. The summed E-state index contributed by atoms with van der Waals surface area (Å²) in [5.41, 5.74) is -0.841. The van der Waals surface area contributed by atoms with Crippen LogP contribution in [-0.2, 0) is 0 Å². The summed E-state index contributed by atoms with van der Waals surface area (Å²) in [5.74, 6) is -0.746. The Morgan fingerprint density at radius 1 is 1.19 bits per heavy atom. The van der Waals surface area contributed by atoms with Gasteiger partial charge in [-0.2, -0.15) is 0 Å². The minimum Gasteiger partial charge on any atom is -0.502 e. The lowest BCUT2D eigenvalue weighted by Gasteiger charge is -2.07. The lowest BCUT2D eigenvalue weighted by atomic mass is 10.0. The molecule has 0 aliphatic heterocycles. The van der Waals surface area contributed by atoms with E-state index in [-0.39, 0.29) is 11.5 Å². The van der Waals surface area contributed by atoms with Crippen molar-refractivity contribution >= 4 is 11.4 Å². The number of nitro groups is 2. The number of hydrogen-bond acceptors (Lipinski definition) is 5. The highest BCUT2D eigenvalue weighted by Crippen LogP contribution is 2.37. The second kappa shape index (κ2) is 4.13. The van der Waals surface area contributed by atoms with Crippen molar-refractivity contribution in [1.82, 2.24) is 0 Å². The first-order valence-electron chi connectivity index (χ1n) is 4.50. The smallest absolute Gasteiger partial charge is 0.317 e. The molecule has 0 aliphatic carbocycles. The van der Waals surface area contributed by atoms with E-state index in [4.69, 9.17) is 0 Å². The molecule has 0 spiro atoms. The monoisotopic (exact) mass is 226 g/mol. The summed E-state index contributed by atoms with van der Waals surface area (Å²) in [6.07, 6.45) is 0. The molecule has 0 heterocycles. The van der Waals surface area contributed by atoms with Crippen molar-refractivity contribution in [3.05, 3.63) is 37.9 Å². The highest BCUT2D eigenvalue weighted by atomic mass is 16.6. The third kappa shape index (κ3) is 2.08. The second-order valence-corrected chi connectivity index (χ2v) is 3.57. The predicted molar refractivity (Wildman–Crippen MR) is 55.5 cm³/mol. The first kappa shape index (κ1) is 11.9. The van der Waals surface area contributed by atoms with Gasteiger partial charge >= 0.3 is 5.69 Å². The van der Waals surface area contributed by atoms with Crippen molar-refractivity contribution in [2.75, 3.05) is 0 Å². The summed E-state index contributed by atoms with van der Waals surface area (Å²) < 4.78 is 0. The second-order valence-electron chi connectivity index (χ2n) is 3.57. The van der Waals surface area contributed by atoms with Crippen LogP contribution in [-0.4, -0.2) is 15.0 Å². The van der Waals surface area contributed by atoms with Crippen LogP contribution in [0.2, 0.25) is 0 Å². The molecule has 0 radical (unpaired) electrons. The topological polar surface area (TPSA) is 107 Å². The fraction of sp³-hybridized carbons (Fsp3) is 0.333. The summed E-state index contributed by atoms with van der Waals surface area (Å²) in [6.45, 7) is 3.37. The van der Waals surface area contributed by atoms with Gasteiger partial charge in [0.05, 0.1) is 15.9 Å². The van der Waals surface area contributed by atoms with Gasteiger partial charge in [0.15, 0.2) is 5.75 Å². The molecule has 0 atom stereocenters. The Labute approximate surface area is 90.6 Å². The predicted octanol–water partition coefficient (Wildman–Crippen LogP) is 2.33. The number of non-ortho nitro benzene ring substituents is 1. The number of hydrogen-bond donors (Lipinski definition) is 1. The van der Waals surface area contributed by atoms with Crippen molar-refractivity contribution in [3.63, 3.8) is 0 Å². The molecule has 0 unspecified atom stereocenters. The van der Waals surface area contributed by atoms with Crippen molar-refractivity contribution in [2.45, 2.75) is 19.8 Å². The maximum atomic E-state index is 10.6. The van der Waals surface area contributed by atoms with Gasteiger partial charge in [0, 0.05) is 11.6 Å². The third-order valence-corrected chi connectivity index (χ3v) is 2.13. The van der Waals surface area contributed by atoms with Crippen molar-refractivity contribution < 1.29 is 15.0 Å². The minimum absolute atomic E-state index is 0.195. The molecule has 0 bridgehead atoms. The number of benzene rings is 1. The summed E-state index contributed by atoms with van der Waals surface area (Å²) in [6, 6.07) is 1.90. The first-order chi connectivity index (χ1) is 7.34. The van der Waals surface area contributed by atoms with Crippen LogP contribution >= 0.6 is 0 Å². The number of rotatable bonds is 3. The Hall–Kier alpha value is -2.18. The minimum atomic E-state index is -0.839. The summed E-state index contributed by atoms with van der Waals surface area (Å²) >= 11 is 0. The van der Waals surface area contributed by atoms with Gasteiger partial charge in [-0.3, -0.25) is 20.2 Å². The van der Waals surface area contributed by atoms with Gasteiger partial charge in [0.2, 0.25) is 0 Å². The molecular formula is C9H10N2O5. The maximum Gasteiger partial charge on any atom is 0.317 e. The van der Waals surface area contributed by atoms with Gasteiger partial charge in [0.25, 0.3) is 5.69 Å². The van der Waals surface area contributed by atoms with Crippen LogP contribution in [0.5, 0.6) is 5.75 Å². The van der Waals surface area contributed by atoms with Gasteiger partial charge in [-0.05, 0) is 5.92 Å². The molecule has 0 saturated carbocycles. The van der Waals surface area contributed by atoms with Gasteiger partial charge in [-0.15, -0.1) is 0 Å². The Balaban J connectivity index is 3.51. The average Bonchev–Trinajstić information content (AvgIpc) is 2.16. The zero-order valence-corrected chi connectivity index (χ0v) is 8.71. The maximum absolute atomic E-state index is 10.6. The molecule has 86 valence electrons. The van der Waals surface area contributed by atoms with Crippen molar-refractivity contribution in [1.29, 1.82) is 0 Å². The van der Waals surface area contributed by atoms with E-state index in [1.54, 1.807) is 13.8 Å². The van der Waals surface area contributed by atoms with Gasteiger partial charge < -0.3 is 5.11 Å². The van der Waals surface area contributed by atoms with Crippen LogP contribution in [0.3, 0.4) is 0 Å². The molecule has 1 aromatic rings. The van der Waals surface area contributed by atoms with E-state index in [0.717, 1.165) is 12.1 Å². The fourth-order valence-corrected chi connectivity index (χ4v) is 1.31. The zero-order chi connectivity index (χ0) is 12.5. The summed E-state index contributed by atoms with van der Waals surface area (Å²) in [5, 5.41) is 30.7. The molecule has 0 fully saturated rings. The summed E-state index contributed by atoms with van der Waals surface area (Å²) in [4.78, 5) is 19.6. The highest BCUT2D eigenvalue weighted by molar-refractivity contribution is 5.58. The van der Waals surface area contributed by atoms with Crippen molar-refractivity contribution in [2.24, 2.45) is 0 Å². The lowest BCUT2D eigenvalue weighted by Crippen LogP contribution is -1.98. The molecule has 7 heteroatoms. The Morgan fingerprint density at radius 2 is 1.75 bits per heavy atom. The number of phenolic OH excluding ortho intramolecular Hbond substituents is 1. The van der Waals surface area contributed by atoms with Crippen LogP contribution in [0.25, 0.3) is 0 Å². The molecule has 0 amide bonds. The molecule has 1 aromatic carbocycles. The zero-order valence-electron chi connectivity index (χ0n) is 8.71. The molecular weight excluding hydrogens is 216 g/mol. The van der Waals surface area contributed by atoms with E-state index in [1.807, 2.05) is 0 Å². The van der Waals surface area contributed by atoms with E-state index in [0.29, 0.717) is 0 Å². The molecule has 0 aliphatic rings. The van der Waals surface area contributed by atoms with Crippen LogP contribution in [0.1, 0.15) is 25.3 Å². The van der Waals surface area contributed by atoms with E-state index < -0.39 is 27.0 Å². The van der Waals surface area contributed by atoms with Crippen LogP contribution in [0.4, 0.5) is 11.4 Å². The molecule has 0 aromatic heterocycles. The average molecular weight is 226 g/mol. The third-order valence-electron chi connectivity index (χ3n) is 2.13. The summed E-state index contributed by atoms with van der Waals surface area (Å²) in [7, 11) is 0. The van der Waals surface area contributed by atoms with Gasteiger partial charge in [0.1, 0.15) is 0 Å². The standard InChI is InChI=1S/C9H10N2O5/c1-5(2)7-3-6(10(13)14)4-8(9(7)12)11(15)16/h3-5,12H,1-2H3. The van der Waals surface area contributed by atoms with E-state index in [2.05, 4.69) is 0 Å². The molecule has 7 nitrogen and oxygen atoms in total. The SMILES string of the molecule is CC(C)c1cc([N+](=O)[O-])cc([N+](=O)[O-])c1O. The lowest BCUT2D eigenvalue weighted by molar-refractivity contribution is -0.394. The number of phenols is 1. The largest absolute Gasteiger partial charge is 0.502 e. The molecule has 0 saturated heterocycles. The Bertz CT molecular complexity index is 455. The number of nitrogens with zero attached hydrogens (tertiary/aromatic N) is 2. The normalized spacial score (nSPS) is 10.4. The Morgan fingerprint density at radius 3 is 2.12 bits per heavy atom. The molecule has 1 rings (SSSR count). The fourth-order valence-electron chi connectivity index (χ4n) is 1.31. The quantitative estimate of drug-likeness (QED) is 0.628. The van der Waals surface area contributed by atoms with Gasteiger partial charge in [-0.25, -0.2) is 0 Å². The van der Waals surface area contributed by atoms with Crippen LogP contribution in [0, 0.1) is 20.2 Å². The highest BCUT2D eigenvalue weighted by Gasteiger charge is 2.24. The number of nitro benzene ring substituents is 2. The van der Waals surface area contributed by atoms with Gasteiger partial charge in [-0.1, -0.05) is 13.8 Å². The molecule has 16 heavy (non-hydrogen) atoms. The van der Waals surface area contributed by atoms with E-state index in [9.17, 15) is 25.3 Å². The number of aromatic hydroxyl groups is 1. The van der Waals surface area contributed by atoms with E-state index >= 15 is 0 Å². The van der Waals surface area contributed by atoms with E-state index in [1.165, 1.54) is 0 Å². The molecule has 1 N–H and O–H groups in total. The van der Waals surface area contributed by atoms with Crippen molar-refractivity contribution in [3.8, 4) is 5.75 Å².